The molecule has 0 saturated heterocycles. The maximum Gasteiger partial charge on any atom is 0.239 e. The van der Waals surface area contributed by atoms with E-state index in [-0.39, 0.29) is 36.9 Å². The van der Waals surface area contributed by atoms with E-state index in [9.17, 15) is 19.2 Å². The highest BCUT2D eigenvalue weighted by molar-refractivity contribution is 5.84. The van der Waals surface area contributed by atoms with Gasteiger partial charge in [-0.2, -0.15) is 0 Å². The lowest BCUT2D eigenvalue weighted by Crippen LogP contribution is -2.36. The molecule has 11 nitrogen and oxygen atoms in total. The fraction of sp³-hybridized carbons (Fsp3) is 0.385. The largest absolute Gasteiger partial charge is 0.493 e. The van der Waals surface area contributed by atoms with E-state index < -0.39 is 6.04 Å². The first-order valence-corrected chi connectivity index (χ1v) is 11.8. The van der Waals surface area contributed by atoms with E-state index in [1.807, 2.05) is 12.1 Å². The summed E-state index contributed by atoms with van der Waals surface area (Å²) in [7, 11) is 4.62. The van der Waals surface area contributed by atoms with Crippen LogP contribution in [-0.4, -0.2) is 59.2 Å². The lowest BCUT2D eigenvalue weighted by Gasteiger charge is -2.19. The number of rotatable bonds is 11. The van der Waals surface area contributed by atoms with Crippen LogP contribution in [0.3, 0.4) is 0 Å². The summed E-state index contributed by atoms with van der Waals surface area (Å²) in [6, 6.07) is 6.50. The molecule has 3 rings (SSSR count). The highest BCUT2D eigenvalue weighted by atomic mass is 16.5. The summed E-state index contributed by atoms with van der Waals surface area (Å²) in [6.07, 6.45) is 1.61. The molecule has 0 saturated carbocycles. The number of hydrogen-bond donors (Lipinski definition) is 4. The molecule has 1 aliphatic carbocycles. The molecule has 0 heterocycles. The zero-order chi connectivity index (χ0) is 26.9. The number of nitrogens with one attached hydrogen (secondary N) is 4. The van der Waals surface area contributed by atoms with Gasteiger partial charge in [0.2, 0.25) is 29.4 Å². The molecule has 3 amide bonds. The molecule has 0 radical (unpaired) electrons. The average molecular weight is 513 g/mol. The molecule has 2 aromatic rings. The second-order valence-electron chi connectivity index (χ2n) is 8.37. The SMILES string of the molecule is COc1cc2c(c(OC)c1OC)-c1ccc(NCCNC(=O)CNC=O)c(=O)cc1[C@@H](NC(C)=O)CC2. The first kappa shape index (κ1) is 27.3. The minimum absolute atomic E-state index is 0.122. The predicted octanol–water partition coefficient (Wildman–Crippen LogP) is 1.14. The molecule has 1 aliphatic rings. The Bertz CT molecular complexity index is 1230. The molecule has 37 heavy (non-hydrogen) atoms. The van der Waals surface area contributed by atoms with Gasteiger partial charge < -0.3 is 35.5 Å². The predicted molar refractivity (Wildman–Crippen MR) is 138 cm³/mol. The van der Waals surface area contributed by atoms with Gasteiger partial charge >= 0.3 is 0 Å². The third kappa shape index (κ3) is 6.29. The van der Waals surface area contributed by atoms with Gasteiger partial charge in [0.25, 0.3) is 0 Å². The fourth-order valence-corrected chi connectivity index (χ4v) is 4.45. The van der Waals surface area contributed by atoms with Gasteiger partial charge in [-0.3, -0.25) is 19.2 Å². The number of anilines is 1. The number of fused-ring (bicyclic) bond motifs is 3. The lowest BCUT2D eigenvalue weighted by molar-refractivity contribution is -0.122. The van der Waals surface area contributed by atoms with Gasteiger partial charge in [0.1, 0.15) is 0 Å². The van der Waals surface area contributed by atoms with Gasteiger partial charge in [0.05, 0.1) is 39.6 Å². The Labute approximate surface area is 214 Å². The van der Waals surface area contributed by atoms with Gasteiger partial charge in [0.15, 0.2) is 11.5 Å². The van der Waals surface area contributed by atoms with E-state index in [0.29, 0.717) is 47.8 Å². The number of aryl methyl sites for hydroxylation is 1. The summed E-state index contributed by atoms with van der Waals surface area (Å²) in [5.74, 6) is 0.880. The van der Waals surface area contributed by atoms with Crippen LogP contribution in [0, 0.1) is 0 Å². The summed E-state index contributed by atoms with van der Waals surface area (Å²) in [4.78, 5) is 47.2. The standard InChI is InChI=1S/C26H32N4O7/c1-15(32)30-19-7-5-16-11-22(35-2)25(36-3)26(37-4)24(16)17-6-8-20(21(33)12-18(17)19)28-9-10-29-23(34)13-27-14-31/h6,8,11-12,14,19H,5,7,9-10,13H2,1-4H3,(H,27,31)(H,28,33)(H,29,34)(H,30,32)/t19-/m0/s1. The second-order valence-corrected chi connectivity index (χ2v) is 8.37. The van der Waals surface area contributed by atoms with E-state index in [1.165, 1.54) is 20.1 Å². The molecule has 0 unspecified atom stereocenters. The van der Waals surface area contributed by atoms with E-state index in [0.717, 1.165) is 16.7 Å². The maximum absolute atomic E-state index is 13.2. The number of ether oxygens (including phenoxy) is 3. The molecule has 198 valence electrons. The van der Waals surface area contributed by atoms with Gasteiger partial charge in [-0.1, -0.05) is 6.07 Å². The van der Waals surface area contributed by atoms with Gasteiger partial charge in [-0.15, -0.1) is 0 Å². The minimum Gasteiger partial charge on any atom is -0.493 e. The number of benzene rings is 1. The molecule has 4 N–H and O–H groups in total. The summed E-state index contributed by atoms with van der Waals surface area (Å²) >= 11 is 0. The van der Waals surface area contributed by atoms with Crippen LogP contribution in [0.15, 0.2) is 29.1 Å². The van der Waals surface area contributed by atoms with E-state index in [2.05, 4.69) is 21.3 Å². The average Bonchev–Trinajstić information content (AvgIpc) is 3.12. The molecule has 0 bridgehead atoms. The summed E-state index contributed by atoms with van der Waals surface area (Å²) in [5, 5.41) is 11.0. The quantitative estimate of drug-likeness (QED) is 0.259. The molecule has 11 heteroatoms. The Hall–Kier alpha value is -4.28. The monoisotopic (exact) mass is 512 g/mol. The van der Waals surface area contributed by atoms with Crippen LogP contribution >= 0.6 is 0 Å². The molecule has 1 atom stereocenters. The summed E-state index contributed by atoms with van der Waals surface area (Å²) < 4.78 is 16.9. The van der Waals surface area contributed by atoms with Crippen molar-refractivity contribution in [2.45, 2.75) is 25.8 Å². The number of amides is 3. The molecule has 0 aromatic heterocycles. The lowest BCUT2D eigenvalue weighted by atomic mass is 9.95. The topological polar surface area (TPSA) is 144 Å². The van der Waals surface area contributed by atoms with Gasteiger partial charge in [0, 0.05) is 25.6 Å². The zero-order valence-electron chi connectivity index (χ0n) is 21.4. The number of carbonyl (C=O) groups excluding carboxylic acids is 3. The van der Waals surface area contributed by atoms with E-state index in [1.54, 1.807) is 20.3 Å². The maximum atomic E-state index is 13.2. The molecule has 0 fully saturated rings. The van der Waals surface area contributed by atoms with Crippen LogP contribution in [0.2, 0.25) is 0 Å². The Kier molecular flexibility index (Phi) is 9.31. The van der Waals surface area contributed by atoms with Crippen molar-refractivity contribution in [2.24, 2.45) is 0 Å². The highest BCUT2D eigenvalue weighted by Gasteiger charge is 2.29. The first-order chi connectivity index (χ1) is 17.8. The Morgan fingerprint density at radius 1 is 1.05 bits per heavy atom. The zero-order valence-corrected chi connectivity index (χ0v) is 21.4. The van der Waals surface area contributed by atoms with Crippen molar-refractivity contribution in [3.8, 4) is 28.4 Å². The smallest absolute Gasteiger partial charge is 0.239 e. The van der Waals surface area contributed by atoms with E-state index >= 15 is 0 Å². The third-order valence-electron chi connectivity index (χ3n) is 6.02. The van der Waals surface area contributed by atoms with Crippen molar-refractivity contribution >= 4 is 23.9 Å². The van der Waals surface area contributed by atoms with Crippen molar-refractivity contribution in [3.63, 3.8) is 0 Å². The van der Waals surface area contributed by atoms with Crippen molar-refractivity contribution in [3.05, 3.63) is 45.6 Å². The summed E-state index contributed by atoms with van der Waals surface area (Å²) in [5.41, 5.74) is 3.14. The van der Waals surface area contributed by atoms with Crippen molar-refractivity contribution in [1.29, 1.82) is 0 Å². The van der Waals surface area contributed by atoms with Crippen molar-refractivity contribution in [2.75, 3.05) is 46.3 Å². The van der Waals surface area contributed by atoms with Crippen LogP contribution in [0.4, 0.5) is 5.69 Å². The van der Waals surface area contributed by atoms with Crippen molar-refractivity contribution in [1.82, 2.24) is 16.0 Å². The first-order valence-electron chi connectivity index (χ1n) is 11.8. The Morgan fingerprint density at radius 2 is 1.81 bits per heavy atom. The van der Waals surface area contributed by atoms with Crippen molar-refractivity contribution < 1.29 is 28.6 Å². The Balaban J connectivity index is 2.06. The van der Waals surface area contributed by atoms with Crippen LogP contribution in [0.25, 0.3) is 11.1 Å². The molecular weight excluding hydrogens is 480 g/mol. The highest BCUT2D eigenvalue weighted by Crippen LogP contribution is 2.50. The van der Waals surface area contributed by atoms with Crippen LogP contribution in [-0.2, 0) is 20.8 Å². The fourth-order valence-electron chi connectivity index (χ4n) is 4.45. The van der Waals surface area contributed by atoms with Crippen LogP contribution in [0.5, 0.6) is 17.2 Å². The van der Waals surface area contributed by atoms with Gasteiger partial charge in [-0.05, 0) is 47.7 Å². The number of methoxy groups -OCH3 is 3. The molecular formula is C26H32N4O7. The molecule has 0 aliphatic heterocycles. The molecule has 0 spiro atoms. The third-order valence-corrected chi connectivity index (χ3v) is 6.02. The molecule has 2 aromatic carbocycles. The van der Waals surface area contributed by atoms with E-state index in [4.69, 9.17) is 14.2 Å². The summed E-state index contributed by atoms with van der Waals surface area (Å²) in [6.45, 7) is 1.86. The second kappa shape index (κ2) is 12.6. The Morgan fingerprint density at radius 3 is 2.46 bits per heavy atom. The normalized spacial score (nSPS) is 13.7. The van der Waals surface area contributed by atoms with Gasteiger partial charge in [-0.25, -0.2) is 0 Å². The van der Waals surface area contributed by atoms with Crippen LogP contribution in [0.1, 0.15) is 30.5 Å². The van der Waals surface area contributed by atoms with Crippen LogP contribution < -0.4 is 40.9 Å². The number of carbonyl (C=O) groups is 3. The number of hydrogen-bond acceptors (Lipinski definition) is 8. The minimum atomic E-state index is -0.404.